The van der Waals surface area contributed by atoms with Gasteiger partial charge in [-0.15, -0.1) is 0 Å². The highest BCUT2D eigenvalue weighted by atomic mass is 16.5. The van der Waals surface area contributed by atoms with Crippen molar-refractivity contribution in [2.75, 3.05) is 104 Å². The number of unbranched alkanes of at least 4 members (excludes halogenated alkanes) is 6. The van der Waals surface area contributed by atoms with E-state index < -0.39 is 0 Å². The fourth-order valence-corrected chi connectivity index (χ4v) is 11.8. The van der Waals surface area contributed by atoms with Crippen molar-refractivity contribution in [3.63, 3.8) is 0 Å². The molecule has 82 heavy (non-hydrogen) atoms. The lowest BCUT2D eigenvalue weighted by molar-refractivity contribution is -0.150. The number of hydrogen-bond donors (Lipinski definition) is 0. The van der Waals surface area contributed by atoms with Crippen LogP contribution in [0.5, 0.6) is 34.5 Å². The van der Waals surface area contributed by atoms with Crippen molar-refractivity contribution in [2.45, 2.75) is 116 Å². The minimum Gasteiger partial charge on any atom is -0.497 e. The Balaban J connectivity index is 0.885. The number of hydrogen-bond acceptors (Lipinski definition) is 12. The molecule has 0 amide bonds. The van der Waals surface area contributed by atoms with Crippen molar-refractivity contribution in [2.24, 2.45) is 10.8 Å². The summed E-state index contributed by atoms with van der Waals surface area (Å²) < 4.78 is 58.8. The molecule has 0 aromatic heterocycles. The monoisotopic (exact) mass is 1120 g/mol. The van der Waals surface area contributed by atoms with Crippen molar-refractivity contribution in [3.8, 4) is 34.5 Å². The van der Waals surface area contributed by atoms with E-state index in [4.69, 9.17) is 47.4 Å². The topological polar surface area (TPSA) is 98.8 Å². The summed E-state index contributed by atoms with van der Waals surface area (Å²) in [6.07, 6.45) is 16.5. The second-order valence-corrected chi connectivity index (χ2v) is 22.8. The molecule has 0 bridgehead atoms. The van der Waals surface area contributed by atoms with E-state index in [2.05, 4.69) is 133 Å². The Morgan fingerprint density at radius 2 is 0.744 bits per heavy atom. The normalized spacial score (nSPS) is 15.8. The third kappa shape index (κ3) is 14.8. The van der Waals surface area contributed by atoms with Gasteiger partial charge in [-0.05, 0) is 172 Å². The molecule has 3 aliphatic rings. The van der Waals surface area contributed by atoms with Gasteiger partial charge < -0.3 is 57.2 Å². The van der Waals surface area contributed by atoms with E-state index in [-0.39, 0.29) is 16.2 Å². The molecule has 2 saturated heterocycles. The first-order valence-corrected chi connectivity index (χ1v) is 30.3. The van der Waals surface area contributed by atoms with E-state index in [1.54, 1.807) is 28.4 Å². The molecular formula is C70H90N2O10. The molecule has 1 aliphatic carbocycles. The van der Waals surface area contributed by atoms with Gasteiger partial charge in [0.1, 0.15) is 34.5 Å². The molecule has 440 valence electrons. The van der Waals surface area contributed by atoms with E-state index in [1.165, 1.54) is 17.5 Å². The van der Waals surface area contributed by atoms with Crippen LogP contribution in [0.3, 0.4) is 0 Å². The first-order valence-electron chi connectivity index (χ1n) is 30.3. The Morgan fingerprint density at radius 3 is 1.07 bits per heavy atom. The van der Waals surface area contributed by atoms with Gasteiger partial charge in [0.25, 0.3) is 0 Å². The Kier molecular flexibility index (Phi) is 21.8. The summed E-state index contributed by atoms with van der Waals surface area (Å²) in [7, 11) is 6.78. The highest BCUT2D eigenvalue weighted by Crippen LogP contribution is 2.49. The smallest absolute Gasteiger partial charge is 0.146 e. The van der Waals surface area contributed by atoms with Crippen LogP contribution in [0.15, 0.2) is 133 Å². The maximum absolute atomic E-state index is 6.27. The summed E-state index contributed by atoms with van der Waals surface area (Å²) in [4.78, 5) is 4.51. The maximum atomic E-state index is 6.27. The predicted molar refractivity (Wildman–Crippen MR) is 329 cm³/mol. The molecule has 0 unspecified atom stereocenters. The van der Waals surface area contributed by atoms with Crippen LogP contribution in [0.25, 0.3) is 0 Å². The van der Waals surface area contributed by atoms with Crippen molar-refractivity contribution in [1.29, 1.82) is 0 Å². The van der Waals surface area contributed by atoms with Gasteiger partial charge in [-0.25, -0.2) is 0 Å². The number of benzene rings is 6. The van der Waals surface area contributed by atoms with Crippen LogP contribution >= 0.6 is 0 Å². The van der Waals surface area contributed by atoms with Gasteiger partial charge in [0, 0.05) is 64.3 Å². The van der Waals surface area contributed by atoms with E-state index in [0.29, 0.717) is 24.7 Å². The van der Waals surface area contributed by atoms with E-state index in [0.717, 1.165) is 200 Å². The Bertz CT molecular complexity index is 2640. The molecule has 0 radical (unpaired) electrons. The maximum Gasteiger partial charge on any atom is 0.146 e. The number of anilines is 6. The van der Waals surface area contributed by atoms with E-state index in [1.807, 2.05) is 24.3 Å². The molecule has 6 aromatic carbocycles. The molecule has 1 saturated carbocycles. The molecule has 0 atom stereocenters. The molecule has 12 heteroatoms. The minimum atomic E-state index is -0.160. The third-order valence-electron chi connectivity index (χ3n) is 17.4. The summed E-state index contributed by atoms with van der Waals surface area (Å²) in [6.45, 7) is 12.4. The molecule has 0 N–H and O–H groups in total. The van der Waals surface area contributed by atoms with Crippen LogP contribution in [-0.4, -0.2) is 94.5 Å². The number of rotatable bonds is 34. The summed E-state index contributed by atoms with van der Waals surface area (Å²) in [6, 6.07) is 47.2. The second kappa shape index (κ2) is 29.7. The van der Waals surface area contributed by atoms with Crippen molar-refractivity contribution in [1.82, 2.24) is 0 Å². The van der Waals surface area contributed by atoms with Gasteiger partial charge >= 0.3 is 0 Å². The lowest BCUT2D eigenvalue weighted by Crippen LogP contribution is -2.45. The molecule has 2 heterocycles. The molecular weight excluding hydrogens is 1030 g/mol. The minimum absolute atomic E-state index is 0.160. The summed E-state index contributed by atoms with van der Waals surface area (Å²) in [5.74, 6) is 4.60. The Labute approximate surface area is 489 Å². The zero-order valence-corrected chi connectivity index (χ0v) is 49.9. The van der Waals surface area contributed by atoms with Gasteiger partial charge in [0.05, 0.1) is 92.7 Å². The summed E-state index contributed by atoms with van der Waals surface area (Å²) >= 11 is 0. The highest BCUT2D eigenvalue weighted by molar-refractivity contribution is 5.82. The molecule has 6 aromatic rings. The van der Waals surface area contributed by atoms with Crippen molar-refractivity contribution >= 4 is 34.1 Å². The molecule has 3 fully saturated rings. The lowest BCUT2D eigenvalue weighted by atomic mass is 9.65. The van der Waals surface area contributed by atoms with Gasteiger partial charge in [0.2, 0.25) is 0 Å². The van der Waals surface area contributed by atoms with Gasteiger partial charge in [-0.2, -0.15) is 0 Å². The zero-order chi connectivity index (χ0) is 57.0. The first-order chi connectivity index (χ1) is 40.3. The fraction of sp³-hybridized carbons (Fsp3) is 0.486. The summed E-state index contributed by atoms with van der Waals surface area (Å²) in [5, 5.41) is 0. The first kappa shape index (κ1) is 60.2. The van der Waals surface area contributed by atoms with E-state index in [9.17, 15) is 0 Å². The zero-order valence-electron chi connectivity index (χ0n) is 49.9. The quantitative estimate of drug-likeness (QED) is 0.0360. The third-order valence-corrected chi connectivity index (χ3v) is 17.4. The van der Waals surface area contributed by atoms with Crippen molar-refractivity contribution in [3.05, 3.63) is 145 Å². The lowest BCUT2D eigenvalue weighted by Gasteiger charge is -2.40. The Morgan fingerprint density at radius 1 is 0.390 bits per heavy atom. The number of methoxy groups -OCH3 is 4. The van der Waals surface area contributed by atoms with Gasteiger partial charge in [-0.1, -0.05) is 70.2 Å². The molecule has 9 rings (SSSR count). The molecule has 12 nitrogen and oxygen atoms in total. The second-order valence-electron chi connectivity index (χ2n) is 22.8. The average molecular weight is 1120 g/mol. The Hall–Kier alpha value is -6.44. The number of nitrogens with zero attached hydrogens (tertiary/aromatic N) is 2. The SMILES string of the molecule is CCC1(COCCCCCCOc2ccc(N(c3ccc(C4(c5ccc(N(c6ccc(OCCCCCCOCC7(CC)COC7)cc6)c6ccc(OC)cc6OC)cc5)CCCCC4)cc3)c3ccc(OC)cc3OC)cc2)COC1. The average Bonchev–Trinajstić information content (AvgIpc) is 3.41. The van der Waals surface area contributed by atoms with Crippen LogP contribution in [0, 0.1) is 10.8 Å². The van der Waals surface area contributed by atoms with Crippen LogP contribution in [0.1, 0.15) is 121 Å². The fourth-order valence-electron chi connectivity index (χ4n) is 11.8. The van der Waals surface area contributed by atoms with Crippen molar-refractivity contribution < 1.29 is 47.4 Å². The standard InChI is InChI=1S/C70H90N2O10/c1-7-68(50-79-51-68)48-77-42-16-9-11-18-44-81-60-32-28-58(29-33-60)71(64-38-36-62(73-3)46-66(64)75-5)56-24-20-54(21-25-56)70(40-14-13-15-41-70)55-22-26-57(27-23-55)72(65-39-37-63(74-4)47-67(65)76-6)59-30-34-61(35-31-59)82-45-19-12-10-17-43-78-49-69(8-2)52-80-53-69/h20-39,46-47H,7-19,40-45,48-53H2,1-6H3. The van der Waals surface area contributed by atoms with E-state index >= 15 is 0 Å². The van der Waals surface area contributed by atoms with Crippen LogP contribution in [0.2, 0.25) is 0 Å². The number of ether oxygens (including phenoxy) is 10. The summed E-state index contributed by atoms with van der Waals surface area (Å²) in [5.41, 5.74) is 8.81. The van der Waals surface area contributed by atoms with Crippen LogP contribution in [0.4, 0.5) is 34.1 Å². The van der Waals surface area contributed by atoms with Crippen LogP contribution < -0.4 is 38.2 Å². The van der Waals surface area contributed by atoms with Crippen LogP contribution in [-0.2, 0) is 24.4 Å². The highest BCUT2D eigenvalue weighted by Gasteiger charge is 2.39. The predicted octanol–water partition coefficient (Wildman–Crippen LogP) is 16.7. The largest absolute Gasteiger partial charge is 0.497 e. The molecule has 2 aliphatic heterocycles. The molecule has 0 spiro atoms. The van der Waals surface area contributed by atoms with Gasteiger partial charge in [-0.3, -0.25) is 0 Å². The van der Waals surface area contributed by atoms with Gasteiger partial charge in [0.15, 0.2) is 0 Å².